The summed E-state index contributed by atoms with van der Waals surface area (Å²) in [5.74, 6) is -0.545. The van der Waals surface area contributed by atoms with E-state index in [4.69, 9.17) is 0 Å². The van der Waals surface area contributed by atoms with E-state index in [-0.39, 0.29) is 41.0 Å². The Labute approximate surface area is 240 Å². The van der Waals surface area contributed by atoms with E-state index in [1.165, 1.54) is 0 Å². The van der Waals surface area contributed by atoms with Gasteiger partial charge in [-0.15, -0.1) is 0 Å². The van der Waals surface area contributed by atoms with Crippen molar-refractivity contribution in [3.05, 3.63) is 65.7 Å². The van der Waals surface area contributed by atoms with Crippen LogP contribution in [-0.4, -0.2) is 73.5 Å². The number of likely N-dealkylation sites (tertiary alicyclic amines) is 1. The first-order valence-corrected chi connectivity index (χ1v) is 16.1. The fourth-order valence-electron chi connectivity index (χ4n) is 6.14. The zero-order chi connectivity index (χ0) is 29.2. The first kappa shape index (κ1) is 30.3. The van der Waals surface area contributed by atoms with Gasteiger partial charge in [0.1, 0.15) is 6.04 Å². The molecular formula is C32H45N3O4S. The van der Waals surface area contributed by atoms with Gasteiger partial charge in [-0.25, -0.2) is 8.42 Å². The molecule has 2 fully saturated rings. The van der Waals surface area contributed by atoms with Crippen LogP contribution in [0.4, 0.5) is 0 Å². The van der Waals surface area contributed by atoms with Crippen LogP contribution >= 0.6 is 0 Å². The molecule has 1 saturated carbocycles. The number of sulfone groups is 1. The molecule has 2 aromatic carbocycles. The summed E-state index contributed by atoms with van der Waals surface area (Å²) in [7, 11) is -1.42. The highest BCUT2D eigenvalue weighted by Gasteiger charge is 2.44. The number of hydrogen-bond donors (Lipinski definition) is 1. The molecule has 0 aromatic heterocycles. The lowest BCUT2D eigenvalue weighted by molar-refractivity contribution is -0.133. The van der Waals surface area contributed by atoms with E-state index in [9.17, 15) is 18.0 Å². The van der Waals surface area contributed by atoms with Gasteiger partial charge in [-0.1, -0.05) is 51.1 Å². The number of amides is 2. The second-order valence-corrected chi connectivity index (χ2v) is 14.9. The number of hydrogen-bond acceptors (Lipinski definition) is 5. The fourth-order valence-corrected chi connectivity index (χ4v) is 7.83. The smallest absolute Gasteiger partial charge is 0.251 e. The van der Waals surface area contributed by atoms with Crippen LogP contribution in [0.1, 0.15) is 76.2 Å². The SMILES string of the molecule is CC(C)N(C)[C@@H]1CC[C@H](N2CC[C@H](NC(=O)c3cccc(C(C)(C)C)c3)C2=O)[C@@H](CS(=O)(=O)c2ccccc2)C1. The Morgan fingerprint density at radius 2 is 1.75 bits per heavy atom. The predicted molar refractivity (Wildman–Crippen MR) is 159 cm³/mol. The maximum atomic E-state index is 13.7. The summed E-state index contributed by atoms with van der Waals surface area (Å²) in [6.07, 6.45) is 2.89. The minimum absolute atomic E-state index is 0.00448. The Morgan fingerprint density at radius 1 is 1.05 bits per heavy atom. The quantitative estimate of drug-likeness (QED) is 0.501. The summed E-state index contributed by atoms with van der Waals surface area (Å²) in [6.45, 7) is 11.1. The normalized spacial score (nSPS) is 24.1. The standard InChI is InChI=1S/C32H45N3O4S/c1-22(2)34(6)26-15-16-29(24(20-26)21-40(38,39)27-13-8-7-9-14-27)35-18-17-28(31(35)37)33-30(36)23-11-10-12-25(19-23)32(3,4)5/h7-14,19,22,24,26,28-29H,15-18,20-21H2,1-6H3,(H,33,36)/t24-,26-,28+,29+/m1/s1. The Morgan fingerprint density at radius 3 is 2.40 bits per heavy atom. The van der Waals surface area contributed by atoms with Crippen LogP contribution < -0.4 is 5.32 Å². The van der Waals surface area contributed by atoms with E-state index in [0.717, 1.165) is 18.4 Å². The van der Waals surface area contributed by atoms with E-state index in [1.54, 1.807) is 30.3 Å². The van der Waals surface area contributed by atoms with Gasteiger partial charge in [0.15, 0.2) is 9.84 Å². The number of carbonyl (C=O) groups excluding carboxylic acids is 2. The van der Waals surface area contributed by atoms with Gasteiger partial charge < -0.3 is 15.1 Å². The highest BCUT2D eigenvalue weighted by molar-refractivity contribution is 7.91. The second-order valence-electron chi connectivity index (χ2n) is 12.8. The average molecular weight is 568 g/mol. The molecule has 2 aliphatic rings. The molecule has 2 aromatic rings. The number of nitrogens with zero attached hydrogens (tertiary/aromatic N) is 2. The molecule has 4 rings (SSSR count). The first-order chi connectivity index (χ1) is 18.8. The van der Waals surface area contributed by atoms with Crippen LogP contribution in [0.15, 0.2) is 59.5 Å². The molecule has 0 spiro atoms. The number of benzene rings is 2. The highest BCUT2D eigenvalue weighted by atomic mass is 32.2. The monoisotopic (exact) mass is 567 g/mol. The van der Waals surface area contributed by atoms with Crippen molar-refractivity contribution in [2.75, 3.05) is 19.3 Å². The topological polar surface area (TPSA) is 86.8 Å². The molecule has 218 valence electrons. The third-order valence-electron chi connectivity index (χ3n) is 8.78. The van der Waals surface area contributed by atoms with Crippen LogP contribution in [-0.2, 0) is 20.0 Å². The number of nitrogens with one attached hydrogen (secondary N) is 1. The van der Waals surface area contributed by atoms with Crippen LogP contribution in [0, 0.1) is 5.92 Å². The maximum Gasteiger partial charge on any atom is 0.251 e. The predicted octanol–water partition coefficient (Wildman–Crippen LogP) is 4.67. The van der Waals surface area contributed by atoms with Gasteiger partial charge in [0, 0.05) is 30.2 Å². The lowest BCUT2D eigenvalue weighted by Crippen LogP contribution is -2.53. The largest absolute Gasteiger partial charge is 0.340 e. The first-order valence-electron chi connectivity index (χ1n) is 14.5. The highest BCUT2D eigenvalue weighted by Crippen LogP contribution is 2.36. The van der Waals surface area contributed by atoms with E-state index in [0.29, 0.717) is 35.9 Å². The van der Waals surface area contributed by atoms with E-state index in [1.807, 2.05) is 29.2 Å². The average Bonchev–Trinajstić information content (AvgIpc) is 3.27. The molecule has 0 bridgehead atoms. The van der Waals surface area contributed by atoms with Crippen molar-refractivity contribution in [1.82, 2.24) is 15.1 Å². The lowest BCUT2D eigenvalue weighted by atomic mass is 9.81. The molecule has 0 radical (unpaired) electrons. The summed E-state index contributed by atoms with van der Waals surface area (Å²) in [5, 5.41) is 2.97. The molecule has 2 amide bonds. The van der Waals surface area contributed by atoms with Crippen molar-refractivity contribution in [3.63, 3.8) is 0 Å². The van der Waals surface area contributed by atoms with Crippen molar-refractivity contribution in [2.45, 2.75) is 94.8 Å². The third kappa shape index (κ3) is 6.77. The van der Waals surface area contributed by atoms with Gasteiger partial charge in [-0.05, 0) is 87.7 Å². The fraction of sp³-hybridized carbons (Fsp3) is 0.562. The van der Waals surface area contributed by atoms with Gasteiger partial charge >= 0.3 is 0 Å². The number of rotatable bonds is 8. The molecule has 4 atom stereocenters. The molecule has 1 saturated heterocycles. The molecule has 1 N–H and O–H groups in total. The summed E-state index contributed by atoms with van der Waals surface area (Å²) < 4.78 is 26.9. The number of carbonyl (C=O) groups is 2. The van der Waals surface area contributed by atoms with E-state index >= 15 is 0 Å². The molecule has 0 unspecified atom stereocenters. The minimum atomic E-state index is -3.52. The van der Waals surface area contributed by atoms with Gasteiger partial charge in [-0.3, -0.25) is 9.59 Å². The minimum Gasteiger partial charge on any atom is -0.340 e. The summed E-state index contributed by atoms with van der Waals surface area (Å²) in [5.41, 5.74) is 1.52. The zero-order valence-corrected chi connectivity index (χ0v) is 25.6. The maximum absolute atomic E-state index is 13.7. The molecule has 8 heteroatoms. The van der Waals surface area contributed by atoms with E-state index < -0.39 is 15.9 Å². The summed E-state index contributed by atoms with van der Waals surface area (Å²) in [6, 6.07) is 16.0. The van der Waals surface area contributed by atoms with Crippen molar-refractivity contribution in [3.8, 4) is 0 Å². The summed E-state index contributed by atoms with van der Waals surface area (Å²) in [4.78, 5) is 31.3. The van der Waals surface area contributed by atoms with Gasteiger partial charge in [-0.2, -0.15) is 0 Å². The lowest BCUT2D eigenvalue weighted by Gasteiger charge is -2.44. The second kappa shape index (κ2) is 12.0. The van der Waals surface area contributed by atoms with Crippen molar-refractivity contribution < 1.29 is 18.0 Å². The van der Waals surface area contributed by atoms with Gasteiger partial charge in [0.05, 0.1) is 10.6 Å². The molecule has 40 heavy (non-hydrogen) atoms. The Hall–Kier alpha value is -2.71. The molecule has 7 nitrogen and oxygen atoms in total. The molecule has 1 aliphatic heterocycles. The third-order valence-corrected chi connectivity index (χ3v) is 10.6. The Bertz CT molecular complexity index is 1300. The van der Waals surface area contributed by atoms with Crippen molar-refractivity contribution in [1.29, 1.82) is 0 Å². The zero-order valence-electron chi connectivity index (χ0n) is 24.8. The van der Waals surface area contributed by atoms with Crippen LogP contribution in [0.3, 0.4) is 0 Å². The molecule has 1 aliphatic carbocycles. The van der Waals surface area contributed by atoms with Crippen molar-refractivity contribution >= 4 is 21.7 Å². The van der Waals surface area contributed by atoms with Crippen LogP contribution in [0.5, 0.6) is 0 Å². The van der Waals surface area contributed by atoms with Crippen LogP contribution in [0.2, 0.25) is 0 Å². The van der Waals surface area contributed by atoms with Crippen molar-refractivity contribution in [2.24, 2.45) is 5.92 Å². The summed E-state index contributed by atoms with van der Waals surface area (Å²) >= 11 is 0. The van der Waals surface area contributed by atoms with Gasteiger partial charge in [0.25, 0.3) is 5.91 Å². The Kier molecular flexibility index (Phi) is 9.10. The van der Waals surface area contributed by atoms with E-state index in [2.05, 4.69) is 51.9 Å². The van der Waals surface area contributed by atoms with Crippen LogP contribution in [0.25, 0.3) is 0 Å². The van der Waals surface area contributed by atoms with Gasteiger partial charge in [0.2, 0.25) is 5.91 Å². The Balaban J connectivity index is 1.51. The molecular weight excluding hydrogens is 522 g/mol. The molecule has 1 heterocycles.